The number of carboxylic acid groups (broad SMARTS) is 4. The molecule has 0 fully saturated rings. The normalized spacial score (nSPS) is 12.7. The summed E-state index contributed by atoms with van der Waals surface area (Å²) in [6, 6.07) is 0. The first kappa shape index (κ1) is 49.9. The van der Waals surface area contributed by atoms with Gasteiger partial charge in [0.2, 0.25) is 0 Å². The molecule has 0 rings (SSSR count). The van der Waals surface area contributed by atoms with Crippen molar-refractivity contribution < 1.29 is 79.5 Å². The van der Waals surface area contributed by atoms with Crippen molar-refractivity contribution in [3.63, 3.8) is 0 Å². The Balaban J connectivity index is -0.000000139. The number of hydrogen-bond acceptors (Lipinski definition) is 5. The number of hydrogen-bond donors (Lipinski definition) is 3. The molecule has 0 bridgehead atoms. The molecule has 0 aromatic rings. The molecule has 0 heterocycles. The Bertz CT molecular complexity index is 509. The molecule has 41 heavy (non-hydrogen) atoms. The van der Waals surface area contributed by atoms with Gasteiger partial charge in [0.25, 0.3) is 0 Å². The third-order valence-electron chi connectivity index (χ3n) is 6.98. The predicted octanol–water partition coefficient (Wildman–Crippen LogP) is 7.81. The smallest absolute Gasteiger partial charge is 0.306 e. The van der Waals surface area contributed by atoms with E-state index in [1.54, 1.807) is 0 Å². The van der Waals surface area contributed by atoms with Crippen LogP contribution in [0.2, 0.25) is 0 Å². The SMILES string of the molecule is CCCCC(CC)C(=O)O.CCCCC(CC)C(=O)O.CCCCC(CC)C(=O)O.CCCCC(CC)C(=O)[O-].[Th]. The molecule has 4 atom stereocenters. The maximum absolute atomic E-state index is 10.4. The number of carbonyl (C=O) groups excluding carboxylic acids is 1. The summed E-state index contributed by atoms with van der Waals surface area (Å²) in [6.07, 6.45) is 14.7. The minimum atomic E-state index is -0.893. The molecule has 244 valence electrons. The van der Waals surface area contributed by atoms with E-state index in [1.807, 2.05) is 27.7 Å². The van der Waals surface area contributed by atoms with Crippen molar-refractivity contribution in [1.82, 2.24) is 0 Å². The molecule has 0 aliphatic rings. The van der Waals surface area contributed by atoms with Gasteiger partial charge in [-0.2, -0.15) is 0 Å². The number of aliphatic carboxylic acids is 4. The minimum Gasteiger partial charge on any atom is -0.550 e. The Hall–Kier alpha value is -0.795. The number of unbranched alkanes of at least 4 members (excludes halogenated alkanes) is 4. The number of rotatable bonds is 20. The molecular formula is C32H63O8Th-. The zero-order valence-corrected chi connectivity index (χ0v) is 31.6. The van der Waals surface area contributed by atoms with Gasteiger partial charge in [-0.3, -0.25) is 14.4 Å². The van der Waals surface area contributed by atoms with Crippen LogP contribution in [-0.4, -0.2) is 39.2 Å². The van der Waals surface area contributed by atoms with Crippen molar-refractivity contribution in [1.29, 1.82) is 0 Å². The summed E-state index contributed by atoms with van der Waals surface area (Å²) < 4.78 is 0. The van der Waals surface area contributed by atoms with Gasteiger partial charge in [-0.1, -0.05) is 107 Å². The van der Waals surface area contributed by atoms with E-state index in [2.05, 4.69) is 27.7 Å². The average molecular weight is 808 g/mol. The standard InChI is InChI=1S/4C8H16O2.Th/c4*1-3-5-6-7(4-2)8(9)10;/h4*7H,3-6H2,1-2H3,(H,9,10);/p-1. The number of carboxylic acids is 4. The molecule has 0 saturated heterocycles. The van der Waals surface area contributed by atoms with Crippen LogP contribution in [0.1, 0.15) is 158 Å². The van der Waals surface area contributed by atoms with Crippen molar-refractivity contribution in [3.8, 4) is 0 Å². The molecule has 3 N–H and O–H groups in total. The summed E-state index contributed by atoms with van der Waals surface area (Å²) in [5.74, 6) is -3.38. The zero-order chi connectivity index (χ0) is 31.9. The van der Waals surface area contributed by atoms with Gasteiger partial charge < -0.3 is 25.2 Å². The fraction of sp³-hybridized carbons (Fsp3) is 0.875. The summed E-state index contributed by atoms with van der Waals surface area (Å²) in [5, 5.41) is 36.1. The summed E-state index contributed by atoms with van der Waals surface area (Å²) >= 11 is 0. The van der Waals surface area contributed by atoms with Crippen LogP contribution in [0.25, 0.3) is 0 Å². The third kappa shape index (κ3) is 35.3. The molecule has 0 spiro atoms. The number of carbonyl (C=O) groups is 4. The van der Waals surface area contributed by atoms with Gasteiger partial charge in [0.05, 0.1) is 17.8 Å². The van der Waals surface area contributed by atoms with Crippen molar-refractivity contribution in [2.75, 3.05) is 0 Å². The van der Waals surface area contributed by atoms with Crippen LogP contribution in [0.4, 0.5) is 0 Å². The second-order valence-corrected chi connectivity index (χ2v) is 10.3. The summed E-state index contributed by atoms with van der Waals surface area (Å²) in [7, 11) is 0. The molecule has 0 aliphatic carbocycles. The molecule has 4 unspecified atom stereocenters. The van der Waals surface area contributed by atoms with E-state index in [9.17, 15) is 24.3 Å². The van der Waals surface area contributed by atoms with Crippen LogP contribution >= 0.6 is 0 Å². The Morgan fingerprint density at radius 2 is 0.659 bits per heavy atom. The van der Waals surface area contributed by atoms with E-state index in [4.69, 9.17) is 15.3 Å². The molecule has 0 aromatic carbocycles. The van der Waals surface area contributed by atoms with Gasteiger partial charge in [0.15, 0.2) is 0 Å². The fourth-order valence-electron chi connectivity index (χ4n) is 3.80. The maximum Gasteiger partial charge on any atom is 0.306 e. The van der Waals surface area contributed by atoms with Crippen molar-refractivity contribution in [3.05, 3.63) is 0 Å². The van der Waals surface area contributed by atoms with Gasteiger partial charge in [0, 0.05) is 45.9 Å². The predicted molar refractivity (Wildman–Crippen MR) is 161 cm³/mol. The molecule has 0 amide bonds. The first-order chi connectivity index (χ1) is 18.9. The third-order valence-corrected chi connectivity index (χ3v) is 6.98. The van der Waals surface area contributed by atoms with Gasteiger partial charge in [-0.25, -0.2) is 0 Å². The van der Waals surface area contributed by atoms with Gasteiger partial charge in [0.1, 0.15) is 0 Å². The molecule has 0 aliphatic heterocycles. The Labute approximate surface area is 283 Å². The van der Waals surface area contributed by atoms with E-state index >= 15 is 0 Å². The quantitative estimate of drug-likeness (QED) is 0.113. The van der Waals surface area contributed by atoms with Crippen LogP contribution in [0.3, 0.4) is 0 Å². The first-order valence-corrected chi connectivity index (χ1v) is 15.8. The molecule has 0 aromatic heterocycles. The van der Waals surface area contributed by atoms with E-state index < -0.39 is 23.9 Å². The van der Waals surface area contributed by atoms with E-state index in [-0.39, 0.29) is 63.6 Å². The largest absolute Gasteiger partial charge is 0.550 e. The van der Waals surface area contributed by atoms with Crippen LogP contribution in [0, 0.1) is 63.6 Å². The fourth-order valence-corrected chi connectivity index (χ4v) is 3.80. The molecule has 8 nitrogen and oxygen atoms in total. The second kappa shape index (κ2) is 37.2. The Morgan fingerprint density at radius 1 is 0.463 bits per heavy atom. The molecule has 9 heteroatoms. The van der Waals surface area contributed by atoms with Gasteiger partial charge in [-0.05, 0) is 57.3 Å². The van der Waals surface area contributed by atoms with Crippen LogP contribution < -0.4 is 5.11 Å². The molecular weight excluding hydrogens is 744 g/mol. The topological polar surface area (TPSA) is 152 Å². The molecule has 0 saturated carbocycles. The van der Waals surface area contributed by atoms with Crippen molar-refractivity contribution in [2.24, 2.45) is 23.7 Å². The van der Waals surface area contributed by atoms with E-state index in [0.717, 1.165) is 96.3 Å². The minimum absolute atomic E-state index is 0. The first-order valence-electron chi connectivity index (χ1n) is 15.8. The Kier molecular flexibility index (Phi) is 45.3. The molecule has 0 radical (unpaired) electrons. The summed E-state index contributed by atoms with van der Waals surface area (Å²) in [5.41, 5.74) is 0. The average Bonchev–Trinajstić information content (AvgIpc) is 2.91. The van der Waals surface area contributed by atoms with E-state index in [1.165, 1.54) is 0 Å². The van der Waals surface area contributed by atoms with Crippen LogP contribution in [-0.2, 0) is 19.2 Å². The maximum atomic E-state index is 10.4. The summed E-state index contributed by atoms with van der Waals surface area (Å²) in [6.45, 7) is 16.0. The van der Waals surface area contributed by atoms with Gasteiger partial charge >= 0.3 is 17.9 Å². The van der Waals surface area contributed by atoms with Gasteiger partial charge in [-0.15, -0.1) is 0 Å². The van der Waals surface area contributed by atoms with Crippen molar-refractivity contribution >= 4 is 23.9 Å². The van der Waals surface area contributed by atoms with Crippen LogP contribution in [0.15, 0.2) is 0 Å². The second-order valence-electron chi connectivity index (χ2n) is 10.3. The monoisotopic (exact) mass is 807 g/mol. The zero-order valence-electron chi connectivity index (χ0n) is 27.5. The van der Waals surface area contributed by atoms with Crippen LogP contribution in [0.5, 0.6) is 0 Å². The van der Waals surface area contributed by atoms with Crippen molar-refractivity contribution in [2.45, 2.75) is 158 Å². The Morgan fingerprint density at radius 3 is 0.780 bits per heavy atom. The summed E-state index contributed by atoms with van der Waals surface area (Å²) in [4.78, 5) is 41.6. The van der Waals surface area contributed by atoms with E-state index in [0.29, 0.717) is 6.42 Å².